The lowest BCUT2D eigenvalue weighted by atomic mass is 9.71. The summed E-state index contributed by atoms with van der Waals surface area (Å²) in [7, 11) is 0. The highest BCUT2D eigenvalue weighted by molar-refractivity contribution is 5.85. The predicted molar refractivity (Wildman–Crippen MR) is 109 cm³/mol. The Labute approximate surface area is 159 Å². The fraction of sp³-hybridized carbons (Fsp3) is 0.364. The predicted octanol–water partition coefficient (Wildman–Crippen LogP) is 4.50. The van der Waals surface area contributed by atoms with Crippen molar-refractivity contribution >= 4 is 23.0 Å². The lowest BCUT2D eigenvalue weighted by Crippen LogP contribution is -2.27. The van der Waals surface area contributed by atoms with Crippen molar-refractivity contribution in [2.75, 3.05) is 5.73 Å². The maximum absolute atomic E-state index is 10.8. The molecule has 2 heterocycles. The van der Waals surface area contributed by atoms with E-state index in [1.54, 1.807) is 24.3 Å². The van der Waals surface area contributed by atoms with Crippen molar-refractivity contribution in [2.45, 2.75) is 40.0 Å². The molecule has 0 bridgehead atoms. The number of nitrogen functional groups attached to an aromatic ring is 1. The molecule has 4 rings (SSSR count). The van der Waals surface area contributed by atoms with Gasteiger partial charge in [-0.1, -0.05) is 20.8 Å². The number of aromatic nitrogens is 2. The molecule has 0 amide bonds. The van der Waals surface area contributed by atoms with Crippen molar-refractivity contribution in [1.29, 1.82) is 0 Å². The van der Waals surface area contributed by atoms with E-state index < -0.39 is 0 Å². The number of hydrogen-bond acceptors (Lipinski definition) is 4. The maximum Gasteiger partial charge on any atom is 0.166 e. The molecule has 5 nitrogen and oxygen atoms in total. The molecule has 142 valence electrons. The summed E-state index contributed by atoms with van der Waals surface area (Å²) >= 11 is 0. The molecule has 2 aromatic heterocycles. The van der Waals surface area contributed by atoms with E-state index in [4.69, 9.17) is 15.8 Å². The summed E-state index contributed by atoms with van der Waals surface area (Å²) in [5.74, 6) is 0.957. The highest BCUT2D eigenvalue weighted by Gasteiger charge is 2.29. The van der Waals surface area contributed by atoms with Crippen LogP contribution in [0.15, 0.2) is 36.4 Å². The minimum absolute atomic E-state index is 0.249. The van der Waals surface area contributed by atoms with Gasteiger partial charge in [0.1, 0.15) is 5.75 Å². The van der Waals surface area contributed by atoms with Crippen LogP contribution in [0.4, 0.5) is 5.69 Å². The number of pyridine rings is 1. The number of aryl methyl sites for hydroxylation is 1. The SMILES string of the molecule is CC(C)(C)C1CCc2nc3cc(C=O)[nH]c3cc2C1.Nc1ccc(O)cc1. The summed E-state index contributed by atoms with van der Waals surface area (Å²) in [6.07, 6.45) is 4.20. The van der Waals surface area contributed by atoms with Crippen LogP contribution in [-0.4, -0.2) is 21.4 Å². The summed E-state index contributed by atoms with van der Waals surface area (Å²) in [6.45, 7) is 6.94. The van der Waals surface area contributed by atoms with E-state index in [1.165, 1.54) is 17.7 Å². The number of nitrogens with one attached hydrogen (secondary N) is 1. The number of nitrogens with zero attached hydrogens (tertiary/aromatic N) is 1. The van der Waals surface area contributed by atoms with Gasteiger partial charge in [0.05, 0.1) is 16.7 Å². The second kappa shape index (κ2) is 7.43. The van der Waals surface area contributed by atoms with Crippen LogP contribution in [0.3, 0.4) is 0 Å². The molecular formula is C22H27N3O2. The monoisotopic (exact) mass is 365 g/mol. The molecule has 0 aliphatic heterocycles. The number of phenolic OH excluding ortho intramolecular Hbond substituents is 1. The van der Waals surface area contributed by atoms with Crippen molar-refractivity contribution in [1.82, 2.24) is 9.97 Å². The number of anilines is 1. The first-order chi connectivity index (χ1) is 12.8. The number of aldehydes is 1. The van der Waals surface area contributed by atoms with Crippen LogP contribution in [0, 0.1) is 11.3 Å². The van der Waals surface area contributed by atoms with Gasteiger partial charge in [-0.25, -0.2) is 0 Å². The Balaban J connectivity index is 0.000000221. The number of phenols is 1. The highest BCUT2D eigenvalue weighted by atomic mass is 16.3. The molecule has 0 saturated carbocycles. The minimum Gasteiger partial charge on any atom is -0.508 e. The van der Waals surface area contributed by atoms with E-state index in [0.717, 1.165) is 30.2 Å². The average molecular weight is 365 g/mol. The van der Waals surface area contributed by atoms with E-state index in [1.807, 2.05) is 6.07 Å². The van der Waals surface area contributed by atoms with Crippen molar-refractivity contribution in [2.24, 2.45) is 11.3 Å². The molecule has 3 aromatic rings. The second-order valence-electron chi connectivity index (χ2n) is 8.27. The lowest BCUT2D eigenvalue weighted by Gasteiger charge is -2.34. The number of H-pyrrole nitrogens is 1. The quantitative estimate of drug-likeness (QED) is 0.336. The molecule has 1 aliphatic rings. The zero-order valence-corrected chi connectivity index (χ0v) is 16.1. The number of aromatic hydroxyl groups is 1. The van der Waals surface area contributed by atoms with E-state index in [0.29, 0.717) is 22.7 Å². The van der Waals surface area contributed by atoms with E-state index in [9.17, 15) is 4.79 Å². The summed E-state index contributed by atoms with van der Waals surface area (Å²) < 4.78 is 0. The smallest absolute Gasteiger partial charge is 0.166 e. The molecule has 1 atom stereocenters. The van der Waals surface area contributed by atoms with Gasteiger partial charge in [0.2, 0.25) is 0 Å². The molecule has 0 spiro atoms. The number of fused-ring (bicyclic) bond motifs is 2. The first-order valence-electron chi connectivity index (χ1n) is 9.27. The fourth-order valence-corrected chi connectivity index (χ4v) is 3.51. The molecular weight excluding hydrogens is 338 g/mol. The van der Waals surface area contributed by atoms with Crippen LogP contribution in [0.2, 0.25) is 0 Å². The number of aromatic amines is 1. The first-order valence-corrected chi connectivity index (χ1v) is 9.27. The van der Waals surface area contributed by atoms with Gasteiger partial charge in [-0.05, 0) is 72.6 Å². The third-order valence-corrected chi connectivity index (χ3v) is 5.23. The molecule has 0 fully saturated rings. The Bertz CT molecular complexity index is 916. The van der Waals surface area contributed by atoms with Crippen molar-refractivity contribution in [3.05, 3.63) is 53.3 Å². The Kier molecular flexibility index (Phi) is 5.22. The molecule has 4 N–H and O–H groups in total. The summed E-state index contributed by atoms with van der Waals surface area (Å²) in [5.41, 5.74) is 11.4. The van der Waals surface area contributed by atoms with Crippen molar-refractivity contribution < 1.29 is 9.90 Å². The van der Waals surface area contributed by atoms with Crippen LogP contribution in [0.1, 0.15) is 48.9 Å². The van der Waals surface area contributed by atoms with Gasteiger partial charge in [0.15, 0.2) is 6.29 Å². The zero-order chi connectivity index (χ0) is 19.6. The first kappa shape index (κ1) is 19.0. The van der Waals surface area contributed by atoms with Crippen molar-refractivity contribution in [3.8, 4) is 5.75 Å². The van der Waals surface area contributed by atoms with E-state index in [-0.39, 0.29) is 5.75 Å². The van der Waals surface area contributed by atoms with Crippen LogP contribution in [0.5, 0.6) is 5.75 Å². The lowest BCUT2D eigenvalue weighted by molar-refractivity contribution is 0.111. The van der Waals surface area contributed by atoms with Gasteiger partial charge in [-0.2, -0.15) is 0 Å². The van der Waals surface area contributed by atoms with Crippen LogP contribution < -0.4 is 5.73 Å². The average Bonchev–Trinajstić information content (AvgIpc) is 3.03. The molecule has 0 saturated heterocycles. The maximum atomic E-state index is 10.8. The summed E-state index contributed by atoms with van der Waals surface area (Å²) in [5, 5.41) is 8.70. The Morgan fingerprint density at radius 3 is 2.52 bits per heavy atom. The Morgan fingerprint density at radius 1 is 1.22 bits per heavy atom. The molecule has 0 radical (unpaired) electrons. The van der Waals surface area contributed by atoms with E-state index >= 15 is 0 Å². The highest BCUT2D eigenvalue weighted by Crippen LogP contribution is 2.37. The number of carbonyl (C=O) groups excluding carboxylic acids is 1. The third kappa shape index (κ3) is 4.48. The van der Waals surface area contributed by atoms with E-state index in [2.05, 4.69) is 31.8 Å². The van der Waals surface area contributed by atoms with Gasteiger partial charge in [-0.3, -0.25) is 9.78 Å². The van der Waals surface area contributed by atoms with Crippen LogP contribution in [0.25, 0.3) is 11.0 Å². The fourth-order valence-electron chi connectivity index (χ4n) is 3.51. The molecule has 1 unspecified atom stereocenters. The van der Waals surface area contributed by atoms with Crippen LogP contribution in [-0.2, 0) is 12.8 Å². The normalized spacial score (nSPS) is 16.3. The van der Waals surface area contributed by atoms with Gasteiger partial charge in [0.25, 0.3) is 0 Å². The molecule has 27 heavy (non-hydrogen) atoms. The van der Waals surface area contributed by atoms with Gasteiger partial charge in [-0.15, -0.1) is 0 Å². The van der Waals surface area contributed by atoms with Gasteiger partial charge >= 0.3 is 0 Å². The number of rotatable bonds is 1. The molecule has 1 aromatic carbocycles. The number of carbonyl (C=O) groups is 1. The molecule has 5 heteroatoms. The van der Waals surface area contributed by atoms with Gasteiger partial charge in [0, 0.05) is 11.4 Å². The Hall–Kier alpha value is -2.82. The third-order valence-electron chi connectivity index (χ3n) is 5.23. The number of benzene rings is 1. The standard InChI is InChI=1S/C16H20N2O.C6H7NO/c1-16(2,3)11-4-5-13-10(6-11)7-14-15(18-13)8-12(9-19)17-14;7-5-1-3-6(8)4-2-5/h7-9,11,17H,4-6H2,1-3H3;1-4,8H,7H2. The topological polar surface area (TPSA) is 92.0 Å². The molecule has 1 aliphatic carbocycles. The zero-order valence-electron chi connectivity index (χ0n) is 16.1. The minimum atomic E-state index is 0.249. The summed E-state index contributed by atoms with van der Waals surface area (Å²) in [6, 6.07) is 10.4. The second-order valence-corrected chi connectivity index (χ2v) is 8.27. The van der Waals surface area contributed by atoms with Crippen LogP contribution >= 0.6 is 0 Å². The van der Waals surface area contributed by atoms with Crippen molar-refractivity contribution in [3.63, 3.8) is 0 Å². The summed E-state index contributed by atoms with van der Waals surface area (Å²) in [4.78, 5) is 18.7. The number of nitrogens with two attached hydrogens (primary N) is 1. The van der Waals surface area contributed by atoms with Gasteiger partial charge < -0.3 is 15.8 Å². The Morgan fingerprint density at radius 2 is 1.93 bits per heavy atom. The largest absolute Gasteiger partial charge is 0.508 e. The number of hydrogen-bond donors (Lipinski definition) is 3.